The minimum Gasteiger partial charge on any atom is -0.492 e. The van der Waals surface area contributed by atoms with E-state index < -0.39 is 5.91 Å². The summed E-state index contributed by atoms with van der Waals surface area (Å²) in [6.45, 7) is 4.14. The highest BCUT2D eigenvalue weighted by molar-refractivity contribution is 5.96. The second kappa shape index (κ2) is 12.0. The highest BCUT2D eigenvalue weighted by atomic mass is 16.5. The van der Waals surface area contributed by atoms with E-state index >= 15 is 0 Å². The molecule has 0 saturated heterocycles. The fourth-order valence-corrected chi connectivity index (χ4v) is 2.40. The zero-order chi connectivity index (χ0) is 20.9. The zero-order valence-electron chi connectivity index (χ0n) is 16.5. The van der Waals surface area contributed by atoms with Crippen molar-refractivity contribution < 1.29 is 14.3 Å². The number of rotatable bonds is 10. The normalized spacial score (nSPS) is 10.9. The number of primary amides is 1. The average Bonchev–Trinajstić information content (AvgIpc) is 2.74. The van der Waals surface area contributed by atoms with Crippen molar-refractivity contribution in [2.24, 2.45) is 10.7 Å². The van der Waals surface area contributed by atoms with Crippen LogP contribution in [0.3, 0.4) is 0 Å². The van der Waals surface area contributed by atoms with Crippen LogP contribution < -0.4 is 26.4 Å². The SMILES string of the molecule is CCNC(=NCc1ccc(C(=O)NCC(N)=O)cc1)NCCOc1ccccc1. The van der Waals surface area contributed by atoms with Crippen LogP contribution in [-0.2, 0) is 11.3 Å². The van der Waals surface area contributed by atoms with Crippen LogP contribution in [0.25, 0.3) is 0 Å². The Bertz CT molecular complexity index is 807. The number of carbonyl (C=O) groups excluding carboxylic acids is 2. The first-order chi connectivity index (χ1) is 14.1. The van der Waals surface area contributed by atoms with Gasteiger partial charge >= 0.3 is 0 Å². The van der Waals surface area contributed by atoms with Crippen molar-refractivity contribution in [2.45, 2.75) is 13.5 Å². The molecule has 0 bridgehead atoms. The number of amides is 2. The highest BCUT2D eigenvalue weighted by Crippen LogP contribution is 2.07. The minimum absolute atomic E-state index is 0.184. The number of ether oxygens (including phenoxy) is 1. The first kappa shape index (κ1) is 21.7. The van der Waals surface area contributed by atoms with E-state index in [1.165, 1.54) is 0 Å². The number of hydrogen-bond donors (Lipinski definition) is 4. The monoisotopic (exact) mass is 397 g/mol. The Morgan fingerprint density at radius 1 is 1.00 bits per heavy atom. The summed E-state index contributed by atoms with van der Waals surface area (Å²) < 4.78 is 5.66. The maximum atomic E-state index is 11.9. The molecule has 0 unspecified atom stereocenters. The molecule has 0 fully saturated rings. The van der Waals surface area contributed by atoms with Gasteiger partial charge in [-0.05, 0) is 36.8 Å². The summed E-state index contributed by atoms with van der Waals surface area (Å²) in [7, 11) is 0. The van der Waals surface area contributed by atoms with Gasteiger partial charge in [-0.15, -0.1) is 0 Å². The molecule has 8 nitrogen and oxygen atoms in total. The quantitative estimate of drug-likeness (QED) is 0.271. The number of guanidine groups is 1. The molecule has 8 heteroatoms. The Morgan fingerprint density at radius 2 is 1.72 bits per heavy atom. The number of aliphatic imine (C=N–C) groups is 1. The largest absolute Gasteiger partial charge is 0.492 e. The Kier molecular flexibility index (Phi) is 9.01. The van der Waals surface area contributed by atoms with Gasteiger partial charge in [-0.2, -0.15) is 0 Å². The summed E-state index contributed by atoms with van der Waals surface area (Å²) in [4.78, 5) is 27.2. The number of hydrogen-bond acceptors (Lipinski definition) is 4. The molecule has 0 aromatic heterocycles. The van der Waals surface area contributed by atoms with Crippen LogP contribution in [-0.4, -0.2) is 44.0 Å². The summed E-state index contributed by atoms with van der Waals surface area (Å²) in [5.41, 5.74) is 6.43. The molecule has 0 aliphatic carbocycles. The summed E-state index contributed by atoms with van der Waals surface area (Å²) >= 11 is 0. The Balaban J connectivity index is 1.82. The van der Waals surface area contributed by atoms with Crippen molar-refractivity contribution in [1.29, 1.82) is 0 Å². The molecule has 2 rings (SSSR count). The van der Waals surface area contributed by atoms with Crippen LogP contribution in [0.5, 0.6) is 5.75 Å². The van der Waals surface area contributed by atoms with Crippen LogP contribution in [0.4, 0.5) is 0 Å². The lowest BCUT2D eigenvalue weighted by atomic mass is 10.1. The van der Waals surface area contributed by atoms with Crippen molar-refractivity contribution in [3.8, 4) is 5.75 Å². The fraction of sp³-hybridized carbons (Fsp3) is 0.286. The van der Waals surface area contributed by atoms with Crippen LogP contribution in [0.15, 0.2) is 59.6 Å². The number of para-hydroxylation sites is 1. The highest BCUT2D eigenvalue weighted by Gasteiger charge is 2.06. The molecule has 2 amide bonds. The maximum Gasteiger partial charge on any atom is 0.251 e. The number of nitrogens with one attached hydrogen (secondary N) is 3. The maximum absolute atomic E-state index is 11.9. The van der Waals surface area contributed by atoms with Gasteiger partial charge in [0.1, 0.15) is 12.4 Å². The van der Waals surface area contributed by atoms with Crippen LogP contribution in [0, 0.1) is 0 Å². The molecule has 154 valence electrons. The Labute approximate surface area is 170 Å². The van der Waals surface area contributed by atoms with Crippen molar-refractivity contribution in [2.75, 3.05) is 26.2 Å². The van der Waals surface area contributed by atoms with E-state index in [1.54, 1.807) is 12.1 Å². The van der Waals surface area contributed by atoms with Crippen LogP contribution >= 0.6 is 0 Å². The van der Waals surface area contributed by atoms with Gasteiger partial charge in [-0.1, -0.05) is 30.3 Å². The molecule has 0 radical (unpaired) electrons. The van der Waals surface area contributed by atoms with Gasteiger partial charge in [0, 0.05) is 12.1 Å². The second-order valence-electron chi connectivity index (χ2n) is 6.13. The molecule has 0 atom stereocenters. The zero-order valence-corrected chi connectivity index (χ0v) is 16.5. The third kappa shape index (κ3) is 8.34. The van der Waals surface area contributed by atoms with Gasteiger partial charge in [0.05, 0.1) is 19.6 Å². The third-order valence-corrected chi connectivity index (χ3v) is 3.81. The molecule has 0 saturated carbocycles. The van der Waals surface area contributed by atoms with E-state index in [-0.39, 0.29) is 12.5 Å². The molecule has 2 aromatic carbocycles. The van der Waals surface area contributed by atoms with Crippen LogP contribution in [0.1, 0.15) is 22.8 Å². The lowest BCUT2D eigenvalue weighted by molar-refractivity contribution is -0.117. The summed E-state index contributed by atoms with van der Waals surface area (Å²) in [5.74, 6) is 0.595. The number of carbonyl (C=O) groups is 2. The smallest absolute Gasteiger partial charge is 0.251 e. The number of benzene rings is 2. The van der Waals surface area contributed by atoms with Gasteiger partial charge in [0.2, 0.25) is 5.91 Å². The van der Waals surface area contributed by atoms with Crippen molar-refractivity contribution >= 4 is 17.8 Å². The predicted molar refractivity (Wildman–Crippen MR) is 113 cm³/mol. The second-order valence-corrected chi connectivity index (χ2v) is 6.13. The Hall–Kier alpha value is -3.55. The number of nitrogens with zero attached hydrogens (tertiary/aromatic N) is 1. The van der Waals surface area contributed by atoms with E-state index in [1.807, 2.05) is 49.4 Å². The number of nitrogens with two attached hydrogens (primary N) is 1. The van der Waals surface area contributed by atoms with E-state index in [9.17, 15) is 9.59 Å². The topological polar surface area (TPSA) is 118 Å². The molecule has 5 N–H and O–H groups in total. The van der Waals surface area contributed by atoms with Gasteiger partial charge in [0.25, 0.3) is 5.91 Å². The van der Waals surface area contributed by atoms with Crippen molar-refractivity contribution in [3.05, 3.63) is 65.7 Å². The van der Waals surface area contributed by atoms with Crippen molar-refractivity contribution in [3.63, 3.8) is 0 Å². The molecule has 0 aliphatic heterocycles. The molecule has 0 aliphatic rings. The molecule has 2 aromatic rings. The summed E-state index contributed by atoms with van der Waals surface area (Å²) in [5, 5.41) is 8.86. The standard InChI is InChI=1S/C21H27N5O3/c1-2-23-21(24-12-13-29-18-6-4-3-5-7-18)26-14-16-8-10-17(11-9-16)20(28)25-15-19(22)27/h3-11H,2,12-15H2,1H3,(H2,22,27)(H,25,28)(H2,23,24,26). The third-order valence-electron chi connectivity index (χ3n) is 3.81. The minimum atomic E-state index is -0.582. The lowest BCUT2D eigenvalue weighted by Gasteiger charge is -2.12. The van der Waals surface area contributed by atoms with Crippen molar-refractivity contribution in [1.82, 2.24) is 16.0 Å². The van der Waals surface area contributed by atoms with Gasteiger partial charge < -0.3 is 26.4 Å². The van der Waals surface area contributed by atoms with E-state index in [0.717, 1.165) is 17.9 Å². The van der Waals surface area contributed by atoms with E-state index in [4.69, 9.17) is 10.5 Å². The molecular weight excluding hydrogens is 370 g/mol. The summed E-state index contributed by atoms with van der Waals surface area (Å²) in [6, 6.07) is 16.7. The van der Waals surface area contributed by atoms with Gasteiger partial charge in [0.15, 0.2) is 5.96 Å². The first-order valence-corrected chi connectivity index (χ1v) is 9.44. The Morgan fingerprint density at radius 3 is 2.38 bits per heavy atom. The van der Waals surface area contributed by atoms with Crippen LogP contribution in [0.2, 0.25) is 0 Å². The fourth-order valence-electron chi connectivity index (χ4n) is 2.40. The molecular formula is C21H27N5O3. The molecule has 29 heavy (non-hydrogen) atoms. The first-order valence-electron chi connectivity index (χ1n) is 9.44. The lowest BCUT2D eigenvalue weighted by Crippen LogP contribution is -2.39. The van der Waals surface area contributed by atoms with Gasteiger partial charge in [-0.3, -0.25) is 9.59 Å². The van der Waals surface area contributed by atoms with E-state index in [2.05, 4.69) is 20.9 Å². The van der Waals surface area contributed by atoms with Gasteiger partial charge in [-0.25, -0.2) is 4.99 Å². The predicted octanol–water partition coefficient (Wildman–Crippen LogP) is 1.04. The summed E-state index contributed by atoms with van der Waals surface area (Å²) in [6.07, 6.45) is 0. The average molecular weight is 397 g/mol. The molecule has 0 spiro atoms. The van der Waals surface area contributed by atoms with E-state index in [0.29, 0.717) is 31.2 Å². The molecule has 0 heterocycles.